The van der Waals surface area contributed by atoms with Crippen molar-refractivity contribution in [2.45, 2.75) is 19.8 Å². The average Bonchev–Trinajstić information content (AvgIpc) is 2.77. The smallest absolute Gasteiger partial charge is 0.323 e. The molecule has 0 aromatic carbocycles. The molecule has 3 N–H and O–H groups in total. The number of urea groups is 1. The highest BCUT2D eigenvalue weighted by molar-refractivity contribution is 5.88. The Kier molecular flexibility index (Phi) is 2.94. The molecule has 5 heteroatoms. The molecule has 0 spiro atoms. The monoisotopic (exact) mass is 220 g/mol. The van der Waals surface area contributed by atoms with Crippen LogP contribution in [0.5, 0.6) is 0 Å². The van der Waals surface area contributed by atoms with Crippen LogP contribution < -0.4 is 11.1 Å². The van der Waals surface area contributed by atoms with Crippen molar-refractivity contribution in [3.63, 3.8) is 0 Å². The molecule has 16 heavy (non-hydrogen) atoms. The Hall–Kier alpha value is -1.78. The quantitative estimate of drug-likeness (QED) is 0.755. The number of likely N-dealkylation sites (tertiary alicyclic amines) is 1. The Bertz CT molecular complexity index is 399. The largest absolute Gasteiger partial charge is 0.397 e. The van der Waals surface area contributed by atoms with Gasteiger partial charge in [0.25, 0.3) is 0 Å². The summed E-state index contributed by atoms with van der Waals surface area (Å²) in [5.41, 5.74) is 7.22. The third kappa shape index (κ3) is 2.24. The van der Waals surface area contributed by atoms with Crippen LogP contribution in [-0.4, -0.2) is 29.0 Å². The third-order valence-electron chi connectivity index (χ3n) is 2.78. The number of aromatic nitrogens is 1. The van der Waals surface area contributed by atoms with Gasteiger partial charge in [-0.05, 0) is 31.4 Å². The van der Waals surface area contributed by atoms with Gasteiger partial charge in [0.2, 0.25) is 0 Å². The first kappa shape index (κ1) is 10.7. The van der Waals surface area contributed by atoms with Gasteiger partial charge in [-0.25, -0.2) is 9.78 Å². The molecule has 0 bridgehead atoms. The number of aryl methyl sites for hydroxylation is 1. The average molecular weight is 220 g/mol. The van der Waals surface area contributed by atoms with Crippen molar-refractivity contribution in [1.82, 2.24) is 9.88 Å². The zero-order chi connectivity index (χ0) is 11.5. The van der Waals surface area contributed by atoms with Crippen molar-refractivity contribution in [2.24, 2.45) is 0 Å². The topological polar surface area (TPSA) is 71.2 Å². The molecule has 0 saturated carbocycles. The highest BCUT2D eigenvalue weighted by Crippen LogP contribution is 2.14. The van der Waals surface area contributed by atoms with E-state index in [1.165, 1.54) is 0 Å². The fourth-order valence-corrected chi connectivity index (χ4v) is 1.74. The number of nitrogens with one attached hydrogen (secondary N) is 1. The van der Waals surface area contributed by atoms with Gasteiger partial charge in [-0.15, -0.1) is 0 Å². The van der Waals surface area contributed by atoms with Crippen molar-refractivity contribution in [1.29, 1.82) is 0 Å². The summed E-state index contributed by atoms with van der Waals surface area (Å²) >= 11 is 0. The van der Waals surface area contributed by atoms with Gasteiger partial charge in [-0.3, -0.25) is 5.32 Å². The lowest BCUT2D eigenvalue weighted by atomic mass is 10.2. The number of carbonyl (C=O) groups is 1. The van der Waals surface area contributed by atoms with Crippen molar-refractivity contribution in [3.8, 4) is 0 Å². The summed E-state index contributed by atoms with van der Waals surface area (Å²) in [6.07, 6.45) is 3.73. The van der Waals surface area contributed by atoms with Gasteiger partial charge in [0.05, 0.1) is 11.9 Å². The lowest BCUT2D eigenvalue weighted by Gasteiger charge is -2.15. The molecule has 0 unspecified atom stereocenters. The number of hydrogen-bond donors (Lipinski definition) is 2. The van der Waals surface area contributed by atoms with Crippen molar-refractivity contribution in [3.05, 3.63) is 17.8 Å². The highest BCUT2D eigenvalue weighted by atomic mass is 16.2. The van der Waals surface area contributed by atoms with E-state index in [1.54, 1.807) is 17.2 Å². The van der Waals surface area contributed by atoms with Crippen LogP contribution in [0, 0.1) is 6.92 Å². The number of amides is 2. The molecule has 1 aliphatic heterocycles. The molecule has 5 nitrogen and oxygen atoms in total. The molecule has 0 aliphatic carbocycles. The second-order valence-corrected chi connectivity index (χ2v) is 4.05. The number of nitrogens with two attached hydrogens (primary N) is 1. The molecule has 0 atom stereocenters. The van der Waals surface area contributed by atoms with Crippen LogP contribution in [-0.2, 0) is 0 Å². The second-order valence-electron chi connectivity index (χ2n) is 4.05. The minimum atomic E-state index is -0.0748. The van der Waals surface area contributed by atoms with Crippen molar-refractivity contribution < 1.29 is 4.79 Å². The summed E-state index contributed by atoms with van der Waals surface area (Å²) < 4.78 is 0. The Labute approximate surface area is 94.6 Å². The van der Waals surface area contributed by atoms with E-state index in [0.717, 1.165) is 31.5 Å². The first-order valence-electron chi connectivity index (χ1n) is 5.45. The molecular weight excluding hydrogens is 204 g/mol. The summed E-state index contributed by atoms with van der Waals surface area (Å²) in [6, 6.07) is 1.71. The zero-order valence-electron chi connectivity index (χ0n) is 9.36. The molecule has 1 aliphatic rings. The SMILES string of the molecule is Cc1cc(NC(=O)N2CCCC2)ncc1N. The molecule has 2 heterocycles. The lowest BCUT2D eigenvalue weighted by molar-refractivity contribution is 0.222. The van der Waals surface area contributed by atoms with E-state index in [0.29, 0.717) is 11.5 Å². The van der Waals surface area contributed by atoms with E-state index < -0.39 is 0 Å². The van der Waals surface area contributed by atoms with Gasteiger partial charge < -0.3 is 10.6 Å². The summed E-state index contributed by atoms with van der Waals surface area (Å²) in [7, 11) is 0. The zero-order valence-corrected chi connectivity index (χ0v) is 9.36. The minimum Gasteiger partial charge on any atom is -0.397 e. The predicted octanol–water partition coefficient (Wildman–Crippen LogP) is 1.60. The number of anilines is 2. The highest BCUT2D eigenvalue weighted by Gasteiger charge is 2.17. The van der Waals surface area contributed by atoms with Gasteiger partial charge in [-0.1, -0.05) is 0 Å². The number of nitrogens with zero attached hydrogens (tertiary/aromatic N) is 2. The van der Waals surface area contributed by atoms with Crippen LogP contribution in [0.25, 0.3) is 0 Å². The van der Waals surface area contributed by atoms with E-state index in [-0.39, 0.29) is 6.03 Å². The molecule has 2 amide bonds. The van der Waals surface area contributed by atoms with Crippen LogP contribution in [0.1, 0.15) is 18.4 Å². The lowest BCUT2D eigenvalue weighted by Crippen LogP contribution is -2.32. The van der Waals surface area contributed by atoms with Gasteiger partial charge in [0, 0.05) is 13.1 Å². The Morgan fingerprint density at radius 1 is 1.50 bits per heavy atom. The molecule has 1 aromatic rings. The van der Waals surface area contributed by atoms with Gasteiger partial charge in [-0.2, -0.15) is 0 Å². The van der Waals surface area contributed by atoms with Gasteiger partial charge in [0.15, 0.2) is 0 Å². The number of pyridine rings is 1. The molecule has 1 aromatic heterocycles. The summed E-state index contributed by atoms with van der Waals surface area (Å²) in [4.78, 5) is 17.6. The number of carbonyl (C=O) groups excluding carboxylic acids is 1. The fourth-order valence-electron chi connectivity index (χ4n) is 1.74. The molecule has 1 saturated heterocycles. The maximum atomic E-state index is 11.8. The molecule has 2 rings (SSSR count). The van der Waals surface area contributed by atoms with E-state index >= 15 is 0 Å². The van der Waals surface area contributed by atoms with Crippen molar-refractivity contribution in [2.75, 3.05) is 24.1 Å². The summed E-state index contributed by atoms with van der Waals surface area (Å²) in [5, 5.41) is 2.77. The van der Waals surface area contributed by atoms with E-state index in [1.807, 2.05) is 6.92 Å². The number of nitrogen functional groups attached to an aromatic ring is 1. The summed E-state index contributed by atoms with van der Waals surface area (Å²) in [6.45, 7) is 3.56. The van der Waals surface area contributed by atoms with Crippen LogP contribution in [0.15, 0.2) is 12.3 Å². The van der Waals surface area contributed by atoms with E-state index in [9.17, 15) is 4.79 Å². The van der Waals surface area contributed by atoms with Crippen LogP contribution >= 0.6 is 0 Å². The van der Waals surface area contributed by atoms with Gasteiger partial charge in [0.1, 0.15) is 5.82 Å². The van der Waals surface area contributed by atoms with Crippen LogP contribution in [0.2, 0.25) is 0 Å². The molecule has 1 fully saturated rings. The minimum absolute atomic E-state index is 0.0748. The maximum absolute atomic E-state index is 11.8. The normalized spacial score (nSPS) is 15.2. The molecule has 0 radical (unpaired) electrons. The molecule has 86 valence electrons. The molecular formula is C11H16N4O. The third-order valence-corrected chi connectivity index (χ3v) is 2.78. The standard InChI is InChI=1S/C11H16N4O/c1-8-6-10(13-7-9(8)12)14-11(16)15-4-2-3-5-15/h6-7H,2-5,12H2,1H3,(H,13,14,16). The van der Waals surface area contributed by atoms with Crippen LogP contribution in [0.3, 0.4) is 0 Å². The second kappa shape index (κ2) is 4.38. The first-order chi connectivity index (χ1) is 7.66. The summed E-state index contributed by atoms with van der Waals surface area (Å²) in [5.74, 6) is 0.559. The fraction of sp³-hybridized carbons (Fsp3) is 0.455. The number of rotatable bonds is 1. The number of hydrogen-bond acceptors (Lipinski definition) is 3. The Morgan fingerprint density at radius 2 is 2.19 bits per heavy atom. The maximum Gasteiger partial charge on any atom is 0.323 e. The van der Waals surface area contributed by atoms with Crippen LogP contribution in [0.4, 0.5) is 16.3 Å². The van der Waals surface area contributed by atoms with E-state index in [2.05, 4.69) is 10.3 Å². The van der Waals surface area contributed by atoms with E-state index in [4.69, 9.17) is 5.73 Å². The Balaban J connectivity index is 2.02. The first-order valence-corrected chi connectivity index (χ1v) is 5.45. The van der Waals surface area contributed by atoms with Crippen molar-refractivity contribution >= 4 is 17.5 Å². The predicted molar refractivity (Wildman–Crippen MR) is 63.2 cm³/mol. The van der Waals surface area contributed by atoms with Gasteiger partial charge >= 0.3 is 6.03 Å². The Morgan fingerprint density at radius 3 is 2.81 bits per heavy atom.